The number of carbonyl (C=O) groups is 1. The number of benzene rings is 2. The van der Waals surface area contributed by atoms with Gasteiger partial charge in [0.25, 0.3) is 0 Å². The maximum atomic E-state index is 12.2. The monoisotopic (exact) mass is 445 g/mol. The maximum absolute atomic E-state index is 12.2. The van der Waals surface area contributed by atoms with E-state index < -0.39 is 5.97 Å². The molecule has 0 amide bonds. The van der Waals surface area contributed by atoms with E-state index in [1.165, 1.54) is 32.1 Å². The van der Waals surface area contributed by atoms with Crippen molar-refractivity contribution >= 4 is 41.1 Å². The molecule has 0 saturated heterocycles. The molecule has 0 fully saturated rings. The molecule has 0 bridgehead atoms. The number of esters is 1. The van der Waals surface area contributed by atoms with Gasteiger partial charge in [-0.3, -0.25) is 0 Å². The summed E-state index contributed by atoms with van der Waals surface area (Å²) in [5.74, 6) is 0.475. The highest BCUT2D eigenvalue weighted by molar-refractivity contribution is 6.37. The van der Waals surface area contributed by atoms with E-state index >= 15 is 0 Å². The number of cyclic esters (lactones) is 1. The second-order valence-corrected chi connectivity index (χ2v) is 7.99. The van der Waals surface area contributed by atoms with Crippen molar-refractivity contribution in [1.29, 1.82) is 0 Å². The smallest absolute Gasteiger partial charge is 0.363 e. The van der Waals surface area contributed by atoms with Crippen LogP contribution in [0.25, 0.3) is 6.08 Å². The summed E-state index contributed by atoms with van der Waals surface area (Å²) in [7, 11) is 0. The molecule has 0 aromatic heterocycles. The highest BCUT2D eigenvalue weighted by Crippen LogP contribution is 2.26. The van der Waals surface area contributed by atoms with Crippen LogP contribution in [0.3, 0.4) is 0 Å². The molecule has 1 heterocycles. The van der Waals surface area contributed by atoms with Crippen molar-refractivity contribution in [3.63, 3.8) is 0 Å². The first-order chi connectivity index (χ1) is 14.6. The van der Waals surface area contributed by atoms with E-state index in [1.54, 1.807) is 24.3 Å². The summed E-state index contributed by atoms with van der Waals surface area (Å²) in [6.07, 6.45) is 9.08. The summed E-state index contributed by atoms with van der Waals surface area (Å²) >= 11 is 12.1. The van der Waals surface area contributed by atoms with Gasteiger partial charge in [0.1, 0.15) is 5.75 Å². The number of carbonyl (C=O) groups excluding carboxylic acids is 1. The van der Waals surface area contributed by atoms with E-state index in [2.05, 4.69) is 11.9 Å². The zero-order chi connectivity index (χ0) is 21.3. The number of rotatable bonds is 10. The first kappa shape index (κ1) is 22.4. The van der Waals surface area contributed by atoms with Gasteiger partial charge >= 0.3 is 5.97 Å². The summed E-state index contributed by atoms with van der Waals surface area (Å²) in [6, 6.07) is 12.5. The van der Waals surface area contributed by atoms with E-state index in [-0.39, 0.29) is 11.6 Å². The van der Waals surface area contributed by atoms with Gasteiger partial charge in [0.05, 0.1) is 17.2 Å². The second kappa shape index (κ2) is 11.2. The number of hydrogen-bond donors (Lipinski definition) is 0. The Bertz CT molecular complexity index is 936. The lowest BCUT2D eigenvalue weighted by atomic mass is 10.1. The zero-order valence-electron chi connectivity index (χ0n) is 17.0. The summed E-state index contributed by atoms with van der Waals surface area (Å²) in [5, 5.41) is 0.880. The summed E-state index contributed by atoms with van der Waals surface area (Å²) in [6.45, 7) is 2.94. The van der Waals surface area contributed by atoms with E-state index in [0.717, 1.165) is 17.7 Å². The molecular formula is C24H25Cl2NO3. The average Bonchev–Trinajstić information content (AvgIpc) is 3.08. The Morgan fingerprint density at radius 2 is 1.73 bits per heavy atom. The number of unbranched alkanes of at least 4 members (excludes halogenated alkanes) is 5. The maximum Gasteiger partial charge on any atom is 0.363 e. The van der Waals surface area contributed by atoms with Crippen LogP contribution >= 0.6 is 23.2 Å². The Balaban J connectivity index is 1.57. The van der Waals surface area contributed by atoms with E-state index in [9.17, 15) is 4.79 Å². The van der Waals surface area contributed by atoms with Crippen LogP contribution < -0.4 is 4.74 Å². The van der Waals surface area contributed by atoms with Crippen molar-refractivity contribution in [3.8, 4) is 5.75 Å². The first-order valence-corrected chi connectivity index (χ1v) is 11.0. The summed E-state index contributed by atoms with van der Waals surface area (Å²) in [5.41, 5.74) is 1.58. The number of ether oxygens (including phenoxy) is 2. The molecule has 3 rings (SSSR count). The third-order valence-corrected chi connectivity index (χ3v) is 5.28. The molecule has 158 valence electrons. The lowest BCUT2D eigenvalue weighted by Gasteiger charge is -2.06. The summed E-state index contributed by atoms with van der Waals surface area (Å²) < 4.78 is 11.1. The number of nitrogens with zero attached hydrogens (tertiary/aromatic N) is 1. The van der Waals surface area contributed by atoms with Gasteiger partial charge in [0.15, 0.2) is 5.70 Å². The van der Waals surface area contributed by atoms with Gasteiger partial charge in [-0.15, -0.1) is 0 Å². The summed E-state index contributed by atoms with van der Waals surface area (Å²) in [4.78, 5) is 16.5. The van der Waals surface area contributed by atoms with Gasteiger partial charge in [-0.25, -0.2) is 9.79 Å². The molecule has 4 nitrogen and oxygen atoms in total. The van der Waals surface area contributed by atoms with Crippen LogP contribution in [-0.4, -0.2) is 18.5 Å². The van der Waals surface area contributed by atoms with Crippen molar-refractivity contribution in [3.05, 3.63) is 69.3 Å². The number of halogens is 2. The molecule has 0 N–H and O–H groups in total. The predicted octanol–water partition coefficient (Wildman–Crippen LogP) is 7.08. The molecule has 6 heteroatoms. The van der Waals surface area contributed by atoms with Gasteiger partial charge in [-0.2, -0.15) is 0 Å². The fraction of sp³-hybridized carbons (Fsp3) is 0.333. The van der Waals surface area contributed by atoms with Crippen molar-refractivity contribution in [2.45, 2.75) is 45.4 Å². The molecule has 1 aliphatic heterocycles. The molecule has 2 aromatic rings. The number of aliphatic imine (C=N–C) groups is 1. The van der Waals surface area contributed by atoms with Crippen molar-refractivity contribution in [2.75, 3.05) is 6.61 Å². The molecule has 30 heavy (non-hydrogen) atoms. The van der Waals surface area contributed by atoms with Crippen LogP contribution in [0.4, 0.5) is 0 Å². The molecule has 0 aliphatic carbocycles. The molecule has 0 unspecified atom stereocenters. The molecular weight excluding hydrogens is 421 g/mol. The van der Waals surface area contributed by atoms with Crippen LogP contribution in [0.15, 0.2) is 53.2 Å². The van der Waals surface area contributed by atoms with Gasteiger partial charge in [0, 0.05) is 5.02 Å². The molecule has 2 aromatic carbocycles. The Morgan fingerprint density at radius 1 is 1.00 bits per heavy atom. The van der Waals surface area contributed by atoms with E-state index in [4.69, 9.17) is 32.7 Å². The lowest BCUT2D eigenvalue weighted by Crippen LogP contribution is -2.05. The fourth-order valence-corrected chi connectivity index (χ4v) is 3.57. The highest BCUT2D eigenvalue weighted by Gasteiger charge is 2.25. The minimum atomic E-state index is -0.514. The van der Waals surface area contributed by atoms with Crippen molar-refractivity contribution < 1.29 is 14.3 Å². The third-order valence-electron chi connectivity index (χ3n) is 4.73. The van der Waals surface area contributed by atoms with Crippen LogP contribution in [0.2, 0.25) is 10.0 Å². The quantitative estimate of drug-likeness (QED) is 0.223. The third kappa shape index (κ3) is 6.35. The van der Waals surface area contributed by atoms with Crippen molar-refractivity contribution in [2.24, 2.45) is 4.99 Å². The standard InChI is InChI=1S/C24H25Cl2NO3/c1-2-3-4-5-6-7-14-29-19-11-8-17(9-12-19)15-22-24(28)30-23(27-22)20-13-10-18(25)16-21(20)26/h8-13,15-16H,2-7,14H2,1H3. The Labute approximate surface area is 187 Å². The van der Waals surface area contributed by atoms with Gasteiger partial charge in [-0.1, -0.05) is 74.4 Å². The molecule has 0 radical (unpaired) electrons. The van der Waals surface area contributed by atoms with E-state index in [0.29, 0.717) is 22.2 Å². The minimum Gasteiger partial charge on any atom is -0.494 e. The molecule has 0 atom stereocenters. The first-order valence-electron chi connectivity index (χ1n) is 10.3. The Morgan fingerprint density at radius 3 is 2.47 bits per heavy atom. The van der Waals surface area contributed by atoms with Gasteiger partial charge in [-0.05, 0) is 48.4 Å². The van der Waals surface area contributed by atoms with Crippen LogP contribution in [0.5, 0.6) is 5.75 Å². The normalized spacial score (nSPS) is 14.7. The van der Waals surface area contributed by atoms with Crippen LogP contribution in [0.1, 0.15) is 56.6 Å². The predicted molar refractivity (Wildman–Crippen MR) is 122 cm³/mol. The Kier molecular flexibility index (Phi) is 8.35. The minimum absolute atomic E-state index is 0.173. The number of hydrogen-bond acceptors (Lipinski definition) is 4. The van der Waals surface area contributed by atoms with E-state index in [1.807, 2.05) is 24.3 Å². The Hall–Kier alpha value is -2.30. The van der Waals surface area contributed by atoms with Gasteiger partial charge in [0.2, 0.25) is 5.90 Å². The molecule has 0 spiro atoms. The SMILES string of the molecule is CCCCCCCCOc1ccc(C=C2N=C(c3ccc(Cl)cc3Cl)OC2=O)cc1. The highest BCUT2D eigenvalue weighted by atomic mass is 35.5. The molecule has 1 aliphatic rings. The average molecular weight is 446 g/mol. The topological polar surface area (TPSA) is 47.9 Å². The van der Waals surface area contributed by atoms with Crippen LogP contribution in [-0.2, 0) is 9.53 Å². The zero-order valence-corrected chi connectivity index (χ0v) is 18.5. The second-order valence-electron chi connectivity index (χ2n) is 7.15. The van der Waals surface area contributed by atoms with Crippen molar-refractivity contribution in [1.82, 2.24) is 0 Å². The van der Waals surface area contributed by atoms with Crippen LogP contribution in [0, 0.1) is 0 Å². The fourth-order valence-electron chi connectivity index (χ4n) is 3.08. The largest absolute Gasteiger partial charge is 0.494 e. The van der Waals surface area contributed by atoms with Gasteiger partial charge < -0.3 is 9.47 Å². The lowest BCUT2D eigenvalue weighted by molar-refractivity contribution is -0.129. The molecule has 0 saturated carbocycles.